The van der Waals surface area contributed by atoms with E-state index < -0.39 is 16.6 Å². The molecule has 1 saturated heterocycles. The number of likely N-dealkylation sites (tertiary alicyclic amines) is 1. The molecule has 0 radical (unpaired) electrons. The molecule has 29 heavy (non-hydrogen) atoms. The van der Waals surface area contributed by atoms with Crippen molar-refractivity contribution in [2.45, 2.75) is 31.0 Å². The molecule has 0 saturated carbocycles. The summed E-state index contributed by atoms with van der Waals surface area (Å²) in [5, 5.41) is 31.7. The van der Waals surface area contributed by atoms with E-state index in [9.17, 15) is 20.3 Å². The van der Waals surface area contributed by atoms with E-state index in [0.717, 1.165) is 18.7 Å². The number of nitro benzene ring substituents is 1. The van der Waals surface area contributed by atoms with E-state index in [4.69, 9.17) is 4.74 Å². The van der Waals surface area contributed by atoms with E-state index in [-0.39, 0.29) is 24.7 Å². The van der Waals surface area contributed by atoms with Gasteiger partial charge in [0, 0.05) is 38.2 Å². The highest BCUT2D eigenvalue weighted by Crippen LogP contribution is 2.26. The Bertz CT molecular complexity index is 764. The van der Waals surface area contributed by atoms with Gasteiger partial charge in [0.2, 0.25) is 0 Å². The largest absolute Gasteiger partial charge is 0.491 e. The Kier molecular flexibility index (Phi) is 8.40. The number of nitro groups is 1. The van der Waals surface area contributed by atoms with Gasteiger partial charge < -0.3 is 19.8 Å². The monoisotopic (exact) mass is 422 g/mol. The highest BCUT2D eigenvalue weighted by Gasteiger charge is 2.32. The van der Waals surface area contributed by atoms with Gasteiger partial charge in [-0.05, 0) is 30.5 Å². The smallest absolute Gasteiger partial charge is 0.269 e. The number of hydrogen-bond acceptors (Lipinski definition) is 6. The van der Waals surface area contributed by atoms with Gasteiger partial charge in [0.05, 0.1) is 10.5 Å². The van der Waals surface area contributed by atoms with Crippen molar-refractivity contribution in [3.05, 3.63) is 70.3 Å². The van der Waals surface area contributed by atoms with Gasteiger partial charge in [-0.3, -0.25) is 10.1 Å². The SMILES string of the molecule is Cl.O=[N+]([O-])c1ccc(OCC(O)CN2CCC(O)(Cc3ccccc3)CC2)cc1. The van der Waals surface area contributed by atoms with Crippen molar-refractivity contribution in [3.63, 3.8) is 0 Å². The third-order valence-corrected chi connectivity index (χ3v) is 5.12. The topological polar surface area (TPSA) is 96.1 Å². The van der Waals surface area contributed by atoms with Crippen LogP contribution in [0.1, 0.15) is 18.4 Å². The second kappa shape index (κ2) is 10.5. The van der Waals surface area contributed by atoms with Crippen LogP contribution in [0.25, 0.3) is 0 Å². The van der Waals surface area contributed by atoms with E-state index in [1.165, 1.54) is 24.3 Å². The number of benzene rings is 2. The zero-order valence-electron chi connectivity index (χ0n) is 16.1. The van der Waals surface area contributed by atoms with E-state index in [2.05, 4.69) is 4.90 Å². The highest BCUT2D eigenvalue weighted by molar-refractivity contribution is 5.85. The average Bonchev–Trinajstić information content (AvgIpc) is 2.69. The predicted octanol–water partition coefficient (Wildman–Crippen LogP) is 2.83. The van der Waals surface area contributed by atoms with Crippen LogP contribution in [0.4, 0.5) is 5.69 Å². The predicted molar refractivity (Wildman–Crippen MR) is 113 cm³/mol. The summed E-state index contributed by atoms with van der Waals surface area (Å²) in [6.45, 7) is 2.02. The molecule has 1 fully saturated rings. The Balaban J connectivity index is 0.00000300. The van der Waals surface area contributed by atoms with Crippen molar-refractivity contribution < 1.29 is 19.9 Å². The molecule has 0 spiro atoms. The van der Waals surface area contributed by atoms with Crippen molar-refractivity contribution in [3.8, 4) is 5.75 Å². The van der Waals surface area contributed by atoms with Crippen molar-refractivity contribution in [2.75, 3.05) is 26.2 Å². The molecule has 1 aliphatic heterocycles. The summed E-state index contributed by atoms with van der Waals surface area (Å²) in [5.74, 6) is 0.487. The fraction of sp³-hybridized carbons (Fsp3) is 0.429. The molecule has 0 amide bonds. The summed E-state index contributed by atoms with van der Waals surface area (Å²) in [6.07, 6.45) is 1.30. The Morgan fingerprint density at radius 2 is 1.72 bits per heavy atom. The lowest BCUT2D eigenvalue weighted by molar-refractivity contribution is -0.384. The number of hydrogen-bond donors (Lipinski definition) is 2. The summed E-state index contributed by atoms with van der Waals surface area (Å²) >= 11 is 0. The normalized spacial score (nSPS) is 17.2. The third-order valence-electron chi connectivity index (χ3n) is 5.12. The minimum absolute atomic E-state index is 0. The zero-order valence-corrected chi connectivity index (χ0v) is 17.0. The lowest BCUT2D eigenvalue weighted by atomic mass is 9.85. The van der Waals surface area contributed by atoms with Crippen LogP contribution >= 0.6 is 12.4 Å². The molecule has 0 aromatic heterocycles. The average molecular weight is 423 g/mol. The molecule has 1 heterocycles. The van der Waals surface area contributed by atoms with E-state index in [1.54, 1.807) is 0 Å². The number of aliphatic hydroxyl groups is 2. The number of piperidine rings is 1. The molecule has 0 bridgehead atoms. The number of halogens is 1. The van der Waals surface area contributed by atoms with Gasteiger partial charge in [-0.25, -0.2) is 0 Å². The van der Waals surface area contributed by atoms with E-state index in [1.807, 2.05) is 30.3 Å². The molecule has 2 N–H and O–H groups in total. The molecule has 3 rings (SSSR count). The fourth-order valence-corrected chi connectivity index (χ4v) is 3.51. The fourth-order valence-electron chi connectivity index (χ4n) is 3.51. The van der Waals surface area contributed by atoms with Gasteiger partial charge in [0.15, 0.2) is 0 Å². The quantitative estimate of drug-likeness (QED) is 0.501. The van der Waals surface area contributed by atoms with Crippen LogP contribution in [-0.2, 0) is 6.42 Å². The highest BCUT2D eigenvalue weighted by atomic mass is 35.5. The van der Waals surface area contributed by atoms with Gasteiger partial charge in [-0.15, -0.1) is 12.4 Å². The summed E-state index contributed by atoms with van der Waals surface area (Å²) < 4.78 is 5.52. The molecule has 8 heteroatoms. The number of nitrogens with zero attached hydrogens (tertiary/aromatic N) is 2. The van der Waals surface area contributed by atoms with Crippen LogP contribution in [0.5, 0.6) is 5.75 Å². The minimum Gasteiger partial charge on any atom is -0.491 e. The van der Waals surface area contributed by atoms with Crippen LogP contribution in [0, 0.1) is 10.1 Å². The zero-order chi connectivity index (χ0) is 20.0. The van der Waals surface area contributed by atoms with Crippen LogP contribution in [0.3, 0.4) is 0 Å². The molecular weight excluding hydrogens is 396 g/mol. The molecule has 2 aromatic carbocycles. The molecule has 2 aromatic rings. The molecule has 1 atom stereocenters. The Morgan fingerprint density at radius 3 is 2.31 bits per heavy atom. The summed E-state index contributed by atoms with van der Waals surface area (Å²) in [4.78, 5) is 12.3. The van der Waals surface area contributed by atoms with Crippen LogP contribution < -0.4 is 4.74 Å². The second-order valence-corrected chi connectivity index (χ2v) is 7.40. The van der Waals surface area contributed by atoms with Crippen molar-refractivity contribution in [1.82, 2.24) is 4.90 Å². The van der Waals surface area contributed by atoms with E-state index in [0.29, 0.717) is 31.6 Å². The number of aliphatic hydroxyl groups excluding tert-OH is 1. The van der Waals surface area contributed by atoms with Crippen LogP contribution in [0.2, 0.25) is 0 Å². The van der Waals surface area contributed by atoms with Crippen molar-refractivity contribution in [1.29, 1.82) is 0 Å². The standard InChI is InChI=1S/C21H26N2O5.ClH/c24-19(16-28-20-8-6-18(7-9-20)23(26)27)15-22-12-10-21(25,11-13-22)14-17-4-2-1-3-5-17;/h1-9,19,24-25H,10-16H2;1H. The Hall–Kier alpha value is -2.19. The number of ether oxygens (including phenoxy) is 1. The molecule has 1 unspecified atom stereocenters. The first kappa shape index (κ1) is 23.1. The second-order valence-electron chi connectivity index (χ2n) is 7.40. The number of β-amino-alcohol motifs (C(OH)–C–C–N with tert-alkyl or cyclic N) is 1. The molecule has 0 aliphatic carbocycles. The maximum absolute atomic E-state index is 10.8. The summed E-state index contributed by atoms with van der Waals surface area (Å²) in [6, 6.07) is 15.8. The molecule has 7 nitrogen and oxygen atoms in total. The Morgan fingerprint density at radius 1 is 1.10 bits per heavy atom. The van der Waals surface area contributed by atoms with Gasteiger partial charge in [-0.2, -0.15) is 0 Å². The maximum Gasteiger partial charge on any atom is 0.269 e. The number of non-ortho nitro benzene ring substituents is 1. The third kappa shape index (κ3) is 6.97. The van der Waals surface area contributed by atoms with Gasteiger partial charge in [0.1, 0.15) is 18.5 Å². The van der Waals surface area contributed by atoms with Gasteiger partial charge in [-0.1, -0.05) is 30.3 Å². The van der Waals surface area contributed by atoms with Gasteiger partial charge >= 0.3 is 0 Å². The maximum atomic E-state index is 10.8. The first-order chi connectivity index (χ1) is 13.4. The number of rotatable bonds is 8. The van der Waals surface area contributed by atoms with Crippen molar-refractivity contribution >= 4 is 18.1 Å². The first-order valence-electron chi connectivity index (χ1n) is 9.47. The molecule has 1 aliphatic rings. The van der Waals surface area contributed by atoms with Crippen LogP contribution in [0.15, 0.2) is 54.6 Å². The lowest BCUT2D eigenvalue weighted by Gasteiger charge is -2.39. The molecular formula is C21H27ClN2O5. The molecule has 158 valence electrons. The Labute approximate surface area is 176 Å². The summed E-state index contributed by atoms with van der Waals surface area (Å²) in [5.41, 5.74) is 0.442. The minimum atomic E-state index is -0.696. The van der Waals surface area contributed by atoms with Crippen LogP contribution in [-0.4, -0.2) is 58.0 Å². The van der Waals surface area contributed by atoms with E-state index >= 15 is 0 Å². The van der Waals surface area contributed by atoms with Crippen molar-refractivity contribution in [2.24, 2.45) is 0 Å². The first-order valence-corrected chi connectivity index (χ1v) is 9.47. The lowest BCUT2D eigenvalue weighted by Crippen LogP contribution is -2.48. The summed E-state index contributed by atoms with van der Waals surface area (Å²) in [7, 11) is 0. The van der Waals surface area contributed by atoms with Gasteiger partial charge in [0.25, 0.3) is 5.69 Å².